The molecule has 0 aliphatic rings. The van der Waals surface area contributed by atoms with Crippen LogP contribution in [0, 0.1) is 6.92 Å². The van der Waals surface area contributed by atoms with E-state index in [2.05, 4.69) is 13.8 Å². The largest absolute Gasteiger partial charge is 0.355 e. The predicted molar refractivity (Wildman–Crippen MR) is 46.3 cm³/mol. The van der Waals surface area contributed by atoms with Crippen molar-refractivity contribution < 1.29 is 9.47 Å². The maximum atomic E-state index is 5.19. The maximum Gasteiger partial charge on any atom is 0.146 e. The van der Waals surface area contributed by atoms with E-state index in [1.165, 1.54) is 12.8 Å². The second-order valence-electron chi connectivity index (χ2n) is 2.50. The Morgan fingerprint density at radius 1 is 1.09 bits per heavy atom. The van der Waals surface area contributed by atoms with Crippen molar-refractivity contribution in [2.75, 3.05) is 20.0 Å². The average molecular weight is 159 g/mol. The number of rotatable bonds is 8. The smallest absolute Gasteiger partial charge is 0.146 e. The molecular weight excluding hydrogens is 140 g/mol. The van der Waals surface area contributed by atoms with E-state index >= 15 is 0 Å². The van der Waals surface area contributed by atoms with E-state index in [4.69, 9.17) is 9.47 Å². The van der Waals surface area contributed by atoms with Crippen LogP contribution in [0.5, 0.6) is 0 Å². The number of hydrogen-bond donors (Lipinski definition) is 0. The van der Waals surface area contributed by atoms with Gasteiger partial charge in [0.05, 0.1) is 0 Å². The van der Waals surface area contributed by atoms with Crippen molar-refractivity contribution in [2.45, 2.75) is 32.6 Å². The van der Waals surface area contributed by atoms with Crippen LogP contribution in [0.1, 0.15) is 32.6 Å². The van der Waals surface area contributed by atoms with Gasteiger partial charge in [0.2, 0.25) is 0 Å². The standard InChI is InChI=1S/C9H19O2/c1-3-5-6-8-11-9-10-7-4-2/h2-9H2,1H3. The van der Waals surface area contributed by atoms with Crippen molar-refractivity contribution in [3.63, 3.8) is 0 Å². The van der Waals surface area contributed by atoms with Crippen LogP contribution in [0.2, 0.25) is 0 Å². The fourth-order valence-electron chi connectivity index (χ4n) is 0.733. The summed E-state index contributed by atoms with van der Waals surface area (Å²) in [5.41, 5.74) is 0. The highest BCUT2D eigenvalue weighted by Gasteiger charge is 1.87. The Hall–Kier alpha value is -0.0800. The second-order valence-corrected chi connectivity index (χ2v) is 2.50. The Bertz CT molecular complexity index is 56.6. The zero-order valence-electron chi connectivity index (χ0n) is 7.47. The molecular formula is C9H19O2. The first-order valence-electron chi connectivity index (χ1n) is 4.36. The molecule has 0 aliphatic carbocycles. The molecule has 0 aliphatic heterocycles. The molecule has 0 aromatic carbocycles. The van der Waals surface area contributed by atoms with E-state index in [0.717, 1.165) is 19.4 Å². The molecule has 0 rings (SSSR count). The molecule has 0 spiro atoms. The molecule has 0 unspecified atom stereocenters. The summed E-state index contributed by atoms with van der Waals surface area (Å²) in [6.07, 6.45) is 4.45. The molecule has 0 fully saturated rings. The van der Waals surface area contributed by atoms with Crippen LogP contribution < -0.4 is 0 Å². The molecule has 67 valence electrons. The lowest BCUT2D eigenvalue weighted by Gasteiger charge is -2.03. The molecule has 0 saturated heterocycles. The van der Waals surface area contributed by atoms with Gasteiger partial charge in [-0.3, -0.25) is 0 Å². The fraction of sp³-hybridized carbons (Fsp3) is 0.889. The van der Waals surface area contributed by atoms with Crippen molar-refractivity contribution in [3.05, 3.63) is 6.92 Å². The van der Waals surface area contributed by atoms with Crippen LogP contribution in [0.15, 0.2) is 0 Å². The molecule has 0 N–H and O–H groups in total. The van der Waals surface area contributed by atoms with E-state index in [-0.39, 0.29) is 0 Å². The van der Waals surface area contributed by atoms with E-state index in [1.54, 1.807) is 0 Å². The average Bonchev–Trinajstić information content (AvgIpc) is 2.03. The minimum absolute atomic E-state index is 0.430. The predicted octanol–water partition coefficient (Wildman–Crippen LogP) is 2.39. The normalized spacial score (nSPS) is 10.4. The minimum Gasteiger partial charge on any atom is -0.355 e. The van der Waals surface area contributed by atoms with E-state index < -0.39 is 0 Å². The first kappa shape index (κ1) is 10.9. The molecule has 2 heteroatoms. The Kier molecular flexibility index (Phi) is 9.85. The lowest BCUT2D eigenvalue weighted by atomic mass is 10.3. The van der Waals surface area contributed by atoms with Crippen LogP contribution >= 0.6 is 0 Å². The van der Waals surface area contributed by atoms with Crippen molar-refractivity contribution in [3.8, 4) is 0 Å². The zero-order chi connectivity index (χ0) is 8.36. The van der Waals surface area contributed by atoms with Crippen LogP contribution in [-0.2, 0) is 9.47 Å². The van der Waals surface area contributed by atoms with Crippen molar-refractivity contribution in [2.24, 2.45) is 0 Å². The molecule has 1 radical (unpaired) electrons. The van der Waals surface area contributed by atoms with E-state index in [0.29, 0.717) is 13.4 Å². The van der Waals surface area contributed by atoms with Crippen LogP contribution in [0.3, 0.4) is 0 Å². The molecule has 11 heavy (non-hydrogen) atoms. The van der Waals surface area contributed by atoms with Gasteiger partial charge in [-0.05, 0) is 12.8 Å². The van der Waals surface area contributed by atoms with Gasteiger partial charge < -0.3 is 9.47 Å². The molecule has 0 heterocycles. The van der Waals surface area contributed by atoms with Gasteiger partial charge >= 0.3 is 0 Å². The van der Waals surface area contributed by atoms with Gasteiger partial charge in [-0.25, -0.2) is 0 Å². The zero-order valence-corrected chi connectivity index (χ0v) is 7.47. The van der Waals surface area contributed by atoms with Crippen molar-refractivity contribution in [1.29, 1.82) is 0 Å². The number of ether oxygens (including phenoxy) is 2. The monoisotopic (exact) mass is 159 g/mol. The minimum atomic E-state index is 0.430. The third-order valence-corrected chi connectivity index (χ3v) is 1.35. The highest BCUT2D eigenvalue weighted by atomic mass is 16.7. The number of unbranched alkanes of at least 4 members (excludes halogenated alkanes) is 2. The third kappa shape index (κ3) is 9.92. The summed E-state index contributed by atoms with van der Waals surface area (Å²) in [6.45, 7) is 7.79. The van der Waals surface area contributed by atoms with Crippen molar-refractivity contribution >= 4 is 0 Å². The molecule has 2 nitrogen and oxygen atoms in total. The van der Waals surface area contributed by atoms with Gasteiger partial charge in [-0.1, -0.05) is 26.7 Å². The SMILES string of the molecule is [CH2]CCOCOCCCCC. The fourth-order valence-corrected chi connectivity index (χ4v) is 0.733. The quantitative estimate of drug-likeness (QED) is 0.400. The first-order valence-corrected chi connectivity index (χ1v) is 4.36. The Morgan fingerprint density at radius 3 is 2.45 bits per heavy atom. The first-order chi connectivity index (χ1) is 5.41. The maximum absolute atomic E-state index is 5.19. The molecule has 0 amide bonds. The van der Waals surface area contributed by atoms with Gasteiger partial charge in [0, 0.05) is 13.2 Å². The Labute approximate surface area is 69.9 Å². The summed E-state index contributed by atoms with van der Waals surface area (Å²) < 4.78 is 10.3. The van der Waals surface area contributed by atoms with Crippen molar-refractivity contribution in [1.82, 2.24) is 0 Å². The lowest BCUT2D eigenvalue weighted by Crippen LogP contribution is -2.01. The van der Waals surface area contributed by atoms with E-state index in [1.807, 2.05) is 0 Å². The lowest BCUT2D eigenvalue weighted by molar-refractivity contribution is -0.0532. The summed E-state index contributed by atoms with van der Waals surface area (Å²) in [7, 11) is 0. The molecule has 0 saturated carbocycles. The highest BCUT2D eigenvalue weighted by molar-refractivity contribution is 4.35. The van der Waals surface area contributed by atoms with Gasteiger partial charge in [0.1, 0.15) is 6.79 Å². The van der Waals surface area contributed by atoms with Crippen LogP contribution in [-0.4, -0.2) is 20.0 Å². The van der Waals surface area contributed by atoms with E-state index in [9.17, 15) is 0 Å². The second kappa shape index (κ2) is 9.92. The Balaban J connectivity index is 2.69. The summed E-state index contributed by atoms with van der Waals surface area (Å²) in [5, 5.41) is 0. The molecule has 0 atom stereocenters. The Morgan fingerprint density at radius 2 is 1.82 bits per heavy atom. The van der Waals surface area contributed by atoms with Gasteiger partial charge in [0.25, 0.3) is 0 Å². The molecule has 0 aromatic heterocycles. The topological polar surface area (TPSA) is 18.5 Å². The van der Waals surface area contributed by atoms with Gasteiger partial charge in [0.15, 0.2) is 0 Å². The summed E-state index contributed by atoms with van der Waals surface area (Å²) >= 11 is 0. The van der Waals surface area contributed by atoms with Gasteiger partial charge in [-0.15, -0.1) is 0 Å². The third-order valence-electron chi connectivity index (χ3n) is 1.35. The van der Waals surface area contributed by atoms with Crippen LogP contribution in [0.4, 0.5) is 0 Å². The summed E-state index contributed by atoms with van der Waals surface area (Å²) in [5.74, 6) is 0. The summed E-state index contributed by atoms with van der Waals surface area (Å²) in [4.78, 5) is 0. The van der Waals surface area contributed by atoms with Crippen LogP contribution in [0.25, 0.3) is 0 Å². The molecule has 0 bridgehead atoms. The highest BCUT2D eigenvalue weighted by Crippen LogP contribution is 1.93. The number of hydrogen-bond acceptors (Lipinski definition) is 2. The summed E-state index contributed by atoms with van der Waals surface area (Å²) in [6, 6.07) is 0. The molecule has 0 aromatic rings. The van der Waals surface area contributed by atoms with Gasteiger partial charge in [-0.2, -0.15) is 0 Å².